The number of carbonyl (C=O) groups is 1. The van der Waals surface area contributed by atoms with Crippen LogP contribution < -0.4 is 15.0 Å². The number of ether oxygens (including phenoxy) is 1. The first-order valence-corrected chi connectivity index (χ1v) is 8.44. The molecule has 0 aliphatic carbocycles. The van der Waals surface area contributed by atoms with Crippen LogP contribution in [0.5, 0.6) is 5.75 Å². The predicted molar refractivity (Wildman–Crippen MR) is 98.8 cm³/mol. The standard InChI is InChI=1S/C19H21F3N2O4/c1-28-17-5-3-2-4-14(17)18(27)23-15-12-13(19(20,21)22)6-7-16(15)24(8-10-25)9-11-26/h2-7,12,25-26H,8-11H2,1H3,(H,23,27). The van der Waals surface area contributed by atoms with Gasteiger partial charge in [-0.1, -0.05) is 12.1 Å². The molecule has 0 unspecified atom stereocenters. The molecule has 2 aromatic carbocycles. The Balaban J connectivity index is 2.47. The van der Waals surface area contributed by atoms with Gasteiger partial charge >= 0.3 is 6.18 Å². The summed E-state index contributed by atoms with van der Waals surface area (Å²) in [5.41, 5.74) is -0.615. The van der Waals surface area contributed by atoms with Crippen LogP contribution in [0.25, 0.3) is 0 Å². The number of aliphatic hydroxyl groups excluding tert-OH is 2. The first-order chi connectivity index (χ1) is 13.3. The van der Waals surface area contributed by atoms with Crippen molar-refractivity contribution in [3.8, 4) is 5.75 Å². The van der Waals surface area contributed by atoms with E-state index in [2.05, 4.69) is 5.32 Å². The molecular weight excluding hydrogens is 377 g/mol. The summed E-state index contributed by atoms with van der Waals surface area (Å²) < 4.78 is 44.6. The van der Waals surface area contributed by atoms with Crippen molar-refractivity contribution in [3.63, 3.8) is 0 Å². The fourth-order valence-corrected chi connectivity index (χ4v) is 2.70. The molecule has 0 aromatic heterocycles. The molecule has 0 bridgehead atoms. The predicted octanol–water partition coefficient (Wildman–Crippen LogP) is 2.76. The average molecular weight is 398 g/mol. The minimum absolute atomic E-state index is 0.0729. The highest BCUT2D eigenvalue weighted by Crippen LogP contribution is 2.36. The Kier molecular flexibility index (Phi) is 7.24. The van der Waals surface area contributed by atoms with Gasteiger partial charge in [-0.05, 0) is 30.3 Å². The van der Waals surface area contributed by atoms with Crippen LogP contribution in [0.4, 0.5) is 24.5 Å². The lowest BCUT2D eigenvalue weighted by molar-refractivity contribution is -0.137. The van der Waals surface area contributed by atoms with E-state index in [1.54, 1.807) is 18.2 Å². The molecule has 28 heavy (non-hydrogen) atoms. The summed E-state index contributed by atoms with van der Waals surface area (Å²) in [5, 5.41) is 20.9. The fourth-order valence-electron chi connectivity index (χ4n) is 2.70. The van der Waals surface area contributed by atoms with Crippen molar-refractivity contribution in [2.75, 3.05) is 43.6 Å². The van der Waals surface area contributed by atoms with Crippen molar-refractivity contribution in [3.05, 3.63) is 53.6 Å². The van der Waals surface area contributed by atoms with Crippen molar-refractivity contribution in [2.24, 2.45) is 0 Å². The number of nitrogens with zero attached hydrogens (tertiary/aromatic N) is 1. The smallest absolute Gasteiger partial charge is 0.416 e. The summed E-state index contributed by atoms with van der Waals surface area (Å²) in [5.74, 6) is -0.373. The largest absolute Gasteiger partial charge is 0.496 e. The van der Waals surface area contributed by atoms with Crippen LogP contribution in [0, 0.1) is 0 Å². The molecule has 0 saturated carbocycles. The van der Waals surface area contributed by atoms with E-state index < -0.39 is 17.6 Å². The van der Waals surface area contributed by atoms with Crippen molar-refractivity contribution in [1.29, 1.82) is 0 Å². The third-order valence-electron chi connectivity index (χ3n) is 4.00. The zero-order valence-electron chi connectivity index (χ0n) is 15.2. The lowest BCUT2D eigenvalue weighted by atomic mass is 10.1. The highest BCUT2D eigenvalue weighted by molar-refractivity contribution is 6.07. The second-order valence-corrected chi connectivity index (χ2v) is 5.82. The minimum Gasteiger partial charge on any atom is -0.496 e. The van der Waals surface area contributed by atoms with Crippen molar-refractivity contribution >= 4 is 17.3 Å². The lowest BCUT2D eigenvalue weighted by Gasteiger charge is -2.26. The number of para-hydroxylation sites is 1. The summed E-state index contributed by atoms with van der Waals surface area (Å²) in [6.07, 6.45) is -4.60. The van der Waals surface area contributed by atoms with Gasteiger partial charge in [0.15, 0.2) is 0 Å². The molecule has 3 N–H and O–H groups in total. The SMILES string of the molecule is COc1ccccc1C(=O)Nc1cc(C(F)(F)F)ccc1N(CCO)CCO. The van der Waals surface area contributed by atoms with E-state index >= 15 is 0 Å². The summed E-state index contributed by atoms with van der Waals surface area (Å²) in [4.78, 5) is 14.1. The number of hydrogen-bond acceptors (Lipinski definition) is 5. The molecule has 152 valence electrons. The molecule has 0 spiro atoms. The normalized spacial score (nSPS) is 11.2. The number of carbonyl (C=O) groups excluding carboxylic acids is 1. The summed E-state index contributed by atoms with van der Waals surface area (Å²) in [6, 6.07) is 9.22. The molecule has 0 saturated heterocycles. The molecule has 0 fully saturated rings. The third kappa shape index (κ3) is 5.14. The topological polar surface area (TPSA) is 82.0 Å². The Bertz CT molecular complexity index is 806. The van der Waals surface area contributed by atoms with Gasteiger partial charge in [-0.15, -0.1) is 0 Å². The Morgan fingerprint density at radius 1 is 1.11 bits per heavy atom. The second-order valence-electron chi connectivity index (χ2n) is 5.82. The van der Waals surface area contributed by atoms with E-state index in [9.17, 15) is 28.2 Å². The zero-order chi connectivity index (χ0) is 20.7. The highest BCUT2D eigenvalue weighted by Gasteiger charge is 2.31. The number of methoxy groups -OCH3 is 1. The first-order valence-electron chi connectivity index (χ1n) is 8.44. The maximum Gasteiger partial charge on any atom is 0.416 e. The minimum atomic E-state index is -4.60. The maximum atomic E-state index is 13.1. The Labute approximate surface area is 160 Å². The Hall–Kier alpha value is -2.78. The van der Waals surface area contributed by atoms with Gasteiger partial charge in [0.05, 0.1) is 42.8 Å². The number of amides is 1. The van der Waals surface area contributed by atoms with Gasteiger partial charge in [-0.25, -0.2) is 0 Å². The van der Waals surface area contributed by atoms with Crippen LogP contribution in [0.15, 0.2) is 42.5 Å². The molecule has 1 amide bonds. The molecule has 0 radical (unpaired) electrons. The first kappa shape index (κ1) is 21.5. The summed E-state index contributed by atoms with van der Waals surface area (Å²) in [7, 11) is 1.38. The molecule has 0 aliphatic heterocycles. The Morgan fingerprint density at radius 2 is 1.75 bits per heavy atom. The molecule has 0 aliphatic rings. The van der Waals surface area contributed by atoms with Crippen molar-refractivity contribution in [1.82, 2.24) is 0 Å². The second kappa shape index (κ2) is 9.43. The fraction of sp³-hybridized carbons (Fsp3) is 0.316. The number of alkyl halides is 3. The van der Waals surface area contributed by atoms with Gasteiger partial charge in [-0.2, -0.15) is 13.2 Å². The molecule has 2 aromatic rings. The van der Waals surface area contributed by atoms with Crippen LogP contribution in [0.1, 0.15) is 15.9 Å². The van der Waals surface area contributed by atoms with Gasteiger partial charge in [-0.3, -0.25) is 4.79 Å². The van der Waals surface area contributed by atoms with E-state index in [0.717, 1.165) is 12.1 Å². The monoisotopic (exact) mass is 398 g/mol. The van der Waals surface area contributed by atoms with E-state index in [0.29, 0.717) is 0 Å². The third-order valence-corrected chi connectivity index (χ3v) is 4.00. The van der Waals surface area contributed by atoms with Crippen LogP contribution in [0.2, 0.25) is 0 Å². The number of anilines is 2. The summed E-state index contributed by atoms with van der Waals surface area (Å²) in [6.45, 7) is -0.408. The van der Waals surface area contributed by atoms with Crippen molar-refractivity contribution in [2.45, 2.75) is 6.18 Å². The van der Waals surface area contributed by atoms with E-state index in [4.69, 9.17) is 4.74 Å². The quantitative estimate of drug-likeness (QED) is 0.637. The molecule has 6 nitrogen and oxygen atoms in total. The van der Waals surface area contributed by atoms with Gasteiger partial charge in [0, 0.05) is 13.1 Å². The molecule has 0 heterocycles. The molecule has 0 atom stereocenters. The van der Waals surface area contributed by atoms with E-state index in [-0.39, 0.29) is 49.0 Å². The van der Waals surface area contributed by atoms with Gasteiger partial charge in [0.25, 0.3) is 5.91 Å². The van der Waals surface area contributed by atoms with Crippen LogP contribution in [-0.4, -0.2) is 49.5 Å². The number of benzene rings is 2. The average Bonchev–Trinajstić information content (AvgIpc) is 2.67. The highest BCUT2D eigenvalue weighted by atomic mass is 19.4. The van der Waals surface area contributed by atoms with Crippen LogP contribution in [-0.2, 0) is 6.18 Å². The maximum absolute atomic E-state index is 13.1. The summed E-state index contributed by atoms with van der Waals surface area (Å²) >= 11 is 0. The van der Waals surface area contributed by atoms with E-state index in [1.807, 2.05) is 0 Å². The molecule has 2 rings (SSSR count). The zero-order valence-corrected chi connectivity index (χ0v) is 15.2. The Morgan fingerprint density at radius 3 is 2.32 bits per heavy atom. The lowest BCUT2D eigenvalue weighted by Crippen LogP contribution is -2.31. The van der Waals surface area contributed by atoms with Crippen LogP contribution in [0.3, 0.4) is 0 Å². The van der Waals surface area contributed by atoms with E-state index in [1.165, 1.54) is 24.1 Å². The number of halogens is 3. The number of rotatable bonds is 8. The van der Waals surface area contributed by atoms with Crippen molar-refractivity contribution < 1.29 is 32.9 Å². The van der Waals surface area contributed by atoms with Gasteiger partial charge in [0.1, 0.15) is 5.75 Å². The molecular formula is C19H21F3N2O4. The van der Waals surface area contributed by atoms with Gasteiger partial charge in [0.2, 0.25) is 0 Å². The van der Waals surface area contributed by atoms with Crippen LogP contribution >= 0.6 is 0 Å². The molecule has 9 heteroatoms. The number of hydrogen-bond donors (Lipinski definition) is 3. The number of aliphatic hydroxyl groups is 2. The van der Waals surface area contributed by atoms with Gasteiger partial charge < -0.3 is 25.2 Å². The number of nitrogens with one attached hydrogen (secondary N) is 1.